The molecule has 0 bridgehead atoms. The summed E-state index contributed by atoms with van der Waals surface area (Å²) in [4.78, 5) is 22.9. The molecule has 2 rings (SSSR count). The van der Waals surface area contributed by atoms with Gasteiger partial charge in [0.05, 0.1) is 4.90 Å². The average Bonchev–Trinajstić information content (AvgIpc) is 2.59. The van der Waals surface area contributed by atoms with Crippen molar-refractivity contribution in [3.8, 4) is 0 Å². The summed E-state index contributed by atoms with van der Waals surface area (Å²) in [6.45, 7) is 4.72. The van der Waals surface area contributed by atoms with Gasteiger partial charge in [0.15, 0.2) is 0 Å². The zero-order chi connectivity index (χ0) is 20.1. The third kappa shape index (κ3) is 5.51. The molecular weight excluding hydrogens is 368 g/mol. The molecule has 0 saturated carbocycles. The largest absolute Gasteiger partial charge is 0.459 e. The maximum absolute atomic E-state index is 13.2. The Kier molecular flexibility index (Phi) is 6.56. The Labute approximate surface area is 159 Å². The molecule has 27 heavy (non-hydrogen) atoms. The molecule has 2 aromatic carbocycles. The van der Waals surface area contributed by atoms with Gasteiger partial charge < -0.3 is 10.1 Å². The van der Waals surface area contributed by atoms with Crippen LogP contribution in [-0.4, -0.2) is 50.3 Å². The number of hydrogen-bond donors (Lipinski definition) is 1. The Balaban J connectivity index is 2.39. The molecule has 0 fully saturated rings. The number of ether oxygens (including phenoxy) is 1. The van der Waals surface area contributed by atoms with Gasteiger partial charge in [0.1, 0.15) is 12.1 Å². The number of esters is 1. The number of nitrogens with zero attached hydrogens (tertiary/aromatic N) is 1. The second-order valence-electron chi connectivity index (χ2n) is 6.97. The first kappa shape index (κ1) is 20.9. The molecule has 0 saturated heterocycles. The SMILES string of the molecule is CC(C)(C)OC(=O)CN(CCNC=O)S(=O)(=O)c1cccc2ccccc12. The van der Waals surface area contributed by atoms with Crippen molar-refractivity contribution in [3.63, 3.8) is 0 Å². The zero-order valence-electron chi connectivity index (χ0n) is 15.6. The van der Waals surface area contributed by atoms with Gasteiger partial charge in [-0.05, 0) is 32.2 Å². The number of carbonyl (C=O) groups is 2. The number of carbonyl (C=O) groups excluding carboxylic acids is 2. The third-order valence-corrected chi connectivity index (χ3v) is 5.59. The lowest BCUT2D eigenvalue weighted by Gasteiger charge is -2.25. The number of sulfonamides is 1. The summed E-state index contributed by atoms with van der Waals surface area (Å²) in [5.41, 5.74) is -0.729. The molecule has 8 heteroatoms. The Morgan fingerprint density at radius 2 is 1.81 bits per heavy atom. The Morgan fingerprint density at radius 1 is 1.15 bits per heavy atom. The van der Waals surface area contributed by atoms with Crippen molar-refractivity contribution >= 4 is 33.2 Å². The molecule has 0 aliphatic carbocycles. The Bertz CT molecular complexity index is 914. The second-order valence-corrected chi connectivity index (χ2v) is 8.88. The fourth-order valence-electron chi connectivity index (χ4n) is 2.61. The van der Waals surface area contributed by atoms with Gasteiger partial charge in [0.25, 0.3) is 0 Å². The van der Waals surface area contributed by atoms with Crippen molar-refractivity contribution in [2.75, 3.05) is 19.6 Å². The van der Waals surface area contributed by atoms with E-state index in [-0.39, 0.29) is 18.0 Å². The molecule has 2 aromatic rings. The predicted molar refractivity (Wildman–Crippen MR) is 103 cm³/mol. The normalized spacial score (nSPS) is 12.1. The maximum Gasteiger partial charge on any atom is 0.321 e. The van der Waals surface area contributed by atoms with E-state index in [2.05, 4.69) is 5.32 Å². The van der Waals surface area contributed by atoms with Crippen LogP contribution in [0, 0.1) is 0 Å². The van der Waals surface area contributed by atoms with Crippen molar-refractivity contribution in [1.82, 2.24) is 9.62 Å². The molecule has 0 spiro atoms. The summed E-state index contributed by atoms with van der Waals surface area (Å²) in [7, 11) is -3.98. The standard InChI is InChI=1S/C19H24N2O5S/c1-19(2,3)26-18(23)13-21(12-11-20-14-22)27(24,25)17-10-6-8-15-7-4-5-9-16(15)17/h4-10,14H,11-13H2,1-3H3,(H,20,22). The number of hydrogen-bond acceptors (Lipinski definition) is 5. The van der Waals surface area contributed by atoms with Gasteiger partial charge in [-0.25, -0.2) is 8.42 Å². The topological polar surface area (TPSA) is 92.8 Å². The maximum atomic E-state index is 13.2. The highest BCUT2D eigenvalue weighted by atomic mass is 32.2. The van der Waals surface area contributed by atoms with Gasteiger partial charge in [-0.2, -0.15) is 4.31 Å². The lowest BCUT2D eigenvalue weighted by atomic mass is 10.1. The van der Waals surface area contributed by atoms with Crippen LogP contribution in [0.4, 0.5) is 0 Å². The summed E-state index contributed by atoms with van der Waals surface area (Å²) >= 11 is 0. The molecule has 0 unspecified atom stereocenters. The van der Waals surface area contributed by atoms with E-state index in [1.807, 2.05) is 18.2 Å². The highest BCUT2D eigenvalue weighted by Gasteiger charge is 2.29. The van der Waals surface area contributed by atoms with E-state index in [4.69, 9.17) is 4.74 Å². The fraction of sp³-hybridized carbons (Fsp3) is 0.368. The summed E-state index contributed by atoms with van der Waals surface area (Å²) < 4.78 is 32.8. The van der Waals surface area contributed by atoms with E-state index in [9.17, 15) is 18.0 Å². The molecular formula is C19H24N2O5S. The molecule has 1 amide bonds. The van der Waals surface area contributed by atoms with E-state index in [0.29, 0.717) is 11.8 Å². The number of benzene rings is 2. The van der Waals surface area contributed by atoms with Crippen LogP contribution >= 0.6 is 0 Å². The van der Waals surface area contributed by atoms with Crippen LogP contribution in [-0.2, 0) is 24.3 Å². The first-order valence-electron chi connectivity index (χ1n) is 8.52. The molecule has 0 radical (unpaired) electrons. The molecule has 0 aromatic heterocycles. The summed E-state index contributed by atoms with van der Waals surface area (Å²) in [6.07, 6.45) is 0.482. The van der Waals surface area contributed by atoms with E-state index in [0.717, 1.165) is 9.69 Å². The third-order valence-electron chi connectivity index (χ3n) is 3.68. The Hall–Kier alpha value is -2.45. The second kappa shape index (κ2) is 8.49. The minimum absolute atomic E-state index is 0.0520. The quantitative estimate of drug-likeness (QED) is 0.421. The van der Waals surface area contributed by atoms with E-state index < -0.39 is 28.1 Å². The minimum atomic E-state index is -3.98. The lowest BCUT2D eigenvalue weighted by Crippen LogP contribution is -2.42. The average molecular weight is 392 g/mol. The van der Waals surface area contributed by atoms with E-state index >= 15 is 0 Å². The molecule has 1 N–H and O–H groups in total. The molecule has 146 valence electrons. The van der Waals surface area contributed by atoms with E-state index in [1.165, 1.54) is 6.07 Å². The molecule has 0 atom stereocenters. The van der Waals surface area contributed by atoms with Gasteiger partial charge in [-0.15, -0.1) is 0 Å². The molecule has 0 aliphatic rings. The van der Waals surface area contributed by atoms with Gasteiger partial charge in [0.2, 0.25) is 16.4 Å². The number of rotatable bonds is 8. The first-order valence-corrected chi connectivity index (χ1v) is 9.96. The molecule has 0 heterocycles. The highest BCUT2D eigenvalue weighted by Crippen LogP contribution is 2.25. The van der Waals surface area contributed by atoms with Crippen LogP contribution in [0.1, 0.15) is 20.8 Å². The number of amides is 1. The van der Waals surface area contributed by atoms with Crippen molar-refractivity contribution in [3.05, 3.63) is 42.5 Å². The van der Waals surface area contributed by atoms with Crippen LogP contribution in [0.3, 0.4) is 0 Å². The van der Waals surface area contributed by atoms with Crippen molar-refractivity contribution < 1.29 is 22.7 Å². The monoisotopic (exact) mass is 392 g/mol. The first-order chi connectivity index (χ1) is 12.6. The van der Waals surface area contributed by atoms with Gasteiger partial charge in [-0.3, -0.25) is 9.59 Å². The van der Waals surface area contributed by atoms with Gasteiger partial charge in [0, 0.05) is 18.5 Å². The van der Waals surface area contributed by atoms with Crippen LogP contribution in [0.2, 0.25) is 0 Å². The predicted octanol–water partition coefficient (Wildman–Crippen LogP) is 1.92. The van der Waals surface area contributed by atoms with Crippen molar-refractivity contribution in [1.29, 1.82) is 0 Å². The van der Waals surface area contributed by atoms with Crippen LogP contribution < -0.4 is 5.32 Å². The molecule has 0 aliphatic heterocycles. The number of fused-ring (bicyclic) bond motifs is 1. The highest BCUT2D eigenvalue weighted by molar-refractivity contribution is 7.89. The van der Waals surface area contributed by atoms with Gasteiger partial charge >= 0.3 is 5.97 Å². The molecule has 7 nitrogen and oxygen atoms in total. The smallest absolute Gasteiger partial charge is 0.321 e. The van der Waals surface area contributed by atoms with E-state index in [1.54, 1.807) is 39.0 Å². The van der Waals surface area contributed by atoms with Crippen LogP contribution in [0.15, 0.2) is 47.4 Å². The number of nitrogens with one attached hydrogen (secondary N) is 1. The zero-order valence-corrected chi connectivity index (χ0v) is 16.5. The van der Waals surface area contributed by atoms with Crippen molar-refractivity contribution in [2.45, 2.75) is 31.3 Å². The summed E-state index contributed by atoms with van der Waals surface area (Å²) in [6, 6.07) is 12.1. The summed E-state index contributed by atoms with van der Waals surface area (Å²) in [5, 5.41) is 3.77. The Morgan fingerprint density at radius 3 is 2.48 bits per heavy atom. The minimum Gasteiger partial charge on any atom is -0.459 e. The van der Waals surface area contributed by atoms with Crippen LogP contribution in [0.5, 0.6) is 0 Å². The lowest BCUT2D eigenvalue weighted by molar-refractivity contribution is -0.154. The van der Waals surface area contributed by atoms with Crippen LogP contribution in [0.25, 0.3) is 10.8 Å². The fourth-order valence-corrected chi connectivity index (χ4v) is 4.21. The van der Waals surface area contributed by atoms with Crippen molar-refractivity contribution in [2.24, 2.45) is 0 Å². The summed E-state index contributed by atoms with van der Waals surface area (Å²) in [5.74, 6) is -0.655. The van der Waals surface area contributed by atoms with Gasteiger partial charge in [-0.1, -0.05) is 36.4 Å².